The average molecular weight is 283 g/mol. The van der Waals surface area contributed by atoms with Gasteiger partial charge in [0, 0.05) is 11.5 Å². The van der Waals surface area contributed by atoms with E-state index in [1.807, 2.05) is 25.2 Å². The quantitative estimate of drug-likeness (QED) is 0.941. The minimum Gasteiger partial charge on any atom is -0.454 e. The van der Waals surface area contributed by atoms with Crippen molar-refractivity contribution in [2.75, 3.05) is 0 Å². The molecule has 84 valence electrons. The minimum atomic E-state index is 0.00769. The van der Waals surface area contributed by atoms with E-state index in [0.717, 1.165) is 10.0 Å². The van der Waals surface area contributed by atoms with Crippen molar-refractivity contribution in [1.82, 2.24) is 9.78 Å². The minimum absolute atomic E-state index is 0.00769. The lowest BCUT2D eigenvalue weighted by molar-refractivity contribution is 0.281. The second kappa shape index (κ2) is 4.67. The lowest BCUT2D eigenvalue weighted by atomic mass is 10.2. The van der Waals surface area contributed by atoms with Gasteiger partial charge in [0.05, 0.1) is 19.0 Å². The van der Waals surface area contributed by atoms with Gasteiger partial charge in [-0.05, 0) is 17.7 Å². The number of aromatic nitrogens is 2. The fourth-order valence-electron chi connectivity index (χ4n) is 1.31. The van der Waals surface area contributed by atoms with E-state index < -0.39 is 0 Å². The maximum absolute atomic E-state index is 9.02. The zero-order chi connectivity index (χ0) is 11.5. The fraction of sp³-hybridized carbons (Fsp3) is 0.182. The summed E-state index contributed by atoms with van der Waals surface area (Å²) in [6.45, 7) is 0.00769. The molecular weight excluding hydrogens is 272 g/mol. The second-order valence-electron chi connectivity index (χ2n) is 3.36. The Bertz CT molecular complexity index is 496. The number of benzene rings is 1. The standard InChI is InChI=1S/C11H11BrN2O2/c1-14-6-10(5-13-14)16-9-3-2-8(7-15)11(12)4-9/h2-6,15H,7H2,1H3. The van der Waals surface area contributed by atoms with Crippen molar-refractivity contribution in [1.29, 1.82) is 0 Å². The number of hydrogen-bond donors (Lipinski definition) is 1. The summed E-state index contributed by atoms with van der Waals surface area (Å²) in [7, 11) is 1.83. The fourth-order valence-corrected chi connectivity index (χ4v) is 1.79. The maximum atomic E-state index is 9.02. The van der Waals surface area contributed by atoms with Crippen LogP contribution >= 0.6 is 15.9 Å². The highest BCUT2D eigenvalue weighted by Gasteiger charge is 2.03. The second-order valence-corrected chi connectivity index (χ2v) is 4.22. The highest BCUT2D eigenvalue weighted by molar-refractivity contribution is 9.10. The van der Waals surface area contributed by atoms with Gasteiger partial charge in [-0.2, -0.15) is 5.10 Å². The van der Waals surface area contributed by atoms with Crippen molar-refractivity contribution in [2.45, 2.75) is 6.61 Å². The Labute approximate surface area is 102 Å². The number of halogens is 1. The number of rotatable bonds is 3. The number of hydrogen-bond acceptors (Lipinski definition) is 3. The summed E-state index contributed by atoms with van der Waals surface area (Å²) in [5.41, 5.74) is 0.832. The summed E-state index contributed by atoms with van der Waals surface area (Å²) in [6.07, 6.45) is 3.43. The Morgan fingerprint density at radius 3 is 2.81 bits per heavy atom. The SMILES string of the molecule is Cn1cc(Oc2ccc(CO)c(Br)c2)cn1. The molecule has 0 saturated carbocycles. The van der Waals surface area contributed by atoms with Gasteiger partial charge in [0.25, 0.3) is 0 Å². The van der Waals surface area contributed by atoms with Gasteiger partial charge >= 0.3 is 0 Å². The van der Waals surface area contributed by atoms with Gasteiger partial charge < -0.3 is 9.84 Å². The van der Waals surface area contributed by atoms with Gasteiger partial charge in [-0.15, -0.1) is 0 Å². The molecule has 0 bridgehead atoms. The van der Waals surface area contributed by atoms with Crippen LogP contribution in [-0.2, 0) is 13.7 Å². The lowest BCUT2D eigenvalue weighted by Crippen LogP contribution is -1.88. The zero-order valence-corrected chi connectivity index (χ0v) is 10.3. The number of ether oxygens (including phenoxy) is 1. The zero-order valence-electron chi connectivity index (χ0n) is 8.72. The van der Waals surface area contributed by atoms with Crippen molar-refractivity contribution in [3.63, 3.8) is 0 Å². The van der Waals surface area contributed by atoms with Crippen LogP contribution in [0.3, 0.4) is 0 Å². The first kappa shape index (κ1) is 11.2. The first-order valence-electron chi connectivity index (χ1n) is 4.75. The Morgan fingerprint density at radius 2 is 2.25 bits per heavy atom. The van der Waals surface area contributed by atoms with Gasteiger partial charge in [-0.1, -0.05) is 22.0 Å². The normalized spacial score (nSPS) is 10.4. The Morgan fingerprint density at radius 1 is 1.44 bits per heavy atom. The topological polar surface area (TPSA) is 47.3 Å². The first-order chi connectivity index (χ1) is 7.69. The third-order valence-corrected chi connectivity index (χ3v) is 2.85. The molecule has 1 aromatic carbocycles. The third-order valence-electron chi connectivity index (χ3n) is 2.11. The number of nitrogens with zero attached hydrogens (tertiary/aromatic N) is 2. The third kappa shape index (κ3) is 2.43. The summed E-state index contributed by atoms with van der Waals surface area (Å²) >= 11 is 3.37. The molecule has 0 aliphatic heterocycles. The van der Waals surface area contributed by atoms with E-state index >= 15 is 0 Å². The van der Waals surface area contributed by atoms with Crippen molar-refractivity contribution < 1.29 is 9.84 Å². The molecule has 1 heterocycles. The smallest absolute Gasteiger partial charge is 0.165 e. The summed E-state index contributed by atoms with van der Waals surface area (Å²) < 4.78 is 8.09. The van der Waals surface area contributed by atoms with E-state index in [-0.39, 0.29) is 6.61 Å². The molecule has 0 fully saturated rings. The van der Waals surface area contributed by atoms with Crippen LogP contribution in [0.15, 0.2) is 35.1 Å². The molecule has 2 rings (SSSR count). The predicted molar refractivity (Wildman–Crippen MR) is 63.3 cm³/mol. The van der Waals surface area contributed by atoms with E-state index in [4.69, 9.17) is 9.84 Å². The molecule has 0 aliphatic rings. The van der Waals surface area contributed by atoms with Gasteiger partial charge in [0.2, 0.25) is 0 Å². The highest BCUT2D eigenvalue weighted by Crippen LogP contribution is 2.26. The molecule has 16 heavy (non-hydrogen) atoms. The van der Waals surface area contributed by atoms with Crippen molar-refractivity contribution in [3.8, 4) is 11.5 Å². The van der Waals surface area contributed by atoms with Crippen LogP contribution in [0.4, 0.5) is 0 Å². The molecule has 1 N–H and O–H groups in total. The Hall–Kier alpha value is -1.33. The molecule has 0 spiro atoms. The highest BCUT2D eigenvalue weighted by atomic mass is 79.9. The van der Waals surface area contributed by atoms with Crippen LogP contribution in [-0.4, -0.2) is 14.9 Å². The molecule has 2 aromatic rings. The molecule has 0 saturated heterocycles. The van der Waals surface area contributed by atoms with Crippen LogP contribution in [0.5, 0.6) is 11.5 Å². The monoisotopic (exact) mass is 282 g/mol. The molecule has 0 amide bonds. The van der Waals surface area contributed by atoms with Crippen molar-refractivity contribution in [2.24, 2.45) is 7.05 Å². The summed E-state index contributed by atoms with van der Waals surface area (Å²) in [5.74, 6) is 1.39. The number of aliphatic hydroxyl groups is 1. The first-order valence-corrected chi connectivity index (χ1v) is 5.54. The molecule has 0 radical (unpaired) electrons. The molecule has 1 aromatic heterocycles. The maximum Gasteiger partial charge on any atom is 0.165 e. The summed E-state index contributed by atoms with van der Waals surface area (Å²) in [6, 6.07) is 5.44. The summed E-state index contributed by atoms with van der Waals surface area (Å²) in [5, 5.41) is 13.0. The Kier molecular flexibility index (Phi) is 3.26. The van der Waals surface area contributed by atoms with E-state index in [1.54, 1.807) is 17.1 Å². The van der Waals surface area contributed by atoms with Gasteiger partial charge in [0.1, 0.15) is 5.75 Å². The van der Waals surface area contributed by atoms with Crippen LogP contribution in [0, 0.1) is 0 Å². The van der Waals surface area contributed by atoms with Crippen LogP contribution in [0.1, 0.15) is 5.56 Å². The number of aryl methyl sites for hydroxylation is 1. The lowest BCUT2D eigenvalue weighted by Gasteiger charge is -2.05. The molecule has 0 unspecified atom stereocenters. The average Bonchev–Trinajstić information content (AvgIpc) is 2.64. The van der Waals surface area contributed by atoms with Crippen molar-refractivity contribution >= 4 is 15.9 Å². The Balaban J connectivity index is 2.19. The molecular formula is C11H11BrN2O2. The van der Waals surface area contributed by atoms with Gasteiger partial charge in [-0.25, -0.2) is 0 Å². The molecule has 5 heteroatoms. The van der Waals surface area contributed by atoms with Crippen LogP contribution in [0.25, 0.3) is 0 Å². The van der Waals surface area contributed by atoms with Crippen molar-refractivity contribution in [3.05, 3.63) is 40.6 Å². The van der Waals surface area contributed by atoms with Crippen LogP contribution in [0.2, 0.25) is 0 Å². The largest absolute Gasteiger partial charge is 0.454 e. The number of aliphatic hydroxyl groups excluding tert-OH is 1. The van der Waals surface area contributed by atoms with Gasteiger partial charge in [-0.3, -0.25) is 4.68 Å². The van der Waals surface area contributed by atoms with E-state index in [2.05, 4.69) is 21.0 Å². The van der Waals surface area contributed by atoms with E-state index in [1.165, 1.54) is 0 Å². The molecule has 4 nitrogen and oxygen atoms in total. The summed E-state index contributed by atoms with van der Waals surface area (Å²) in [4.78, 5) is 0. The molecule has 0 aliphatic carbocycles. The molecule has 0 atom stereocenters. The predicted octanol–water partition coefficient (Wildman–Crippen LogP) is 2.47. The van der Waals surface area contributed by atoms with Crippen LogP contribution < -0.4 is 4.74 Å². The van der Waals surface area contributed by atoms with Gasteiger partial charge in [0.15, 0.2) is 5.75 Å². The van der Waals surface area contributed by atoms with E-state index in [9.17, 15) is 0 Å². The van der Waals surface area contributed by atoms with E-state index in [0.29, 0.717) is 11.5 Å².